The molecule has 0 radical (unpaired) electrons. The van der Waals surface area contributed by atoms with Crippen molar-refractivity contribution in [1.29, 1.82) is 0 Å². The standard InChI is InChI=1S/C7H10O/c8-7-4-5-2-1-3-6(5)7/h5-6H,1-4H2/t5-,6+/m1/s1. The molecule has 2 fully saturated rings. The van der Waals surface area contributed by atoms with Crippen LogP contribution in [0.4, 0.5) is 0 Å². The zero-order valence-corrected chi connectivity index (χ0v) is 4.89. The van der Waals surface area contributed by atoms with Gasteiger partial charge in [0.1, 0.15) is 5.78 Å². The van der Waals surface area contributed by atoms with Gasteiger partial charge in [0.25, 0.3) is 0 Å². The quantitative estimate of drug-likeness (QED) is 0.460. The molecule has 0 aliphatic heterocycles. The van der Waals surface area contributed by atoms with Crippen LogP contribution < -0.4 is 0 Å². The van der Waals surface area contributed by atoms with E-state index in [1.807, 2.05) is 0 Å². The Morgan fingerprint density at radius 2 is 2.25 bits per heavy atom. The molecule has 2 aliphatic rings. The van der Waals surface area contributed by atoms with E-state index < -0.39 is 0 Å². The molecule has 0 amide bonds. The van der Waals surface area contributed by atoms with Crippen LogP contribution >= 0.6 is 0 Å². The molecule has 2 aliphatic carbocycles. The lowest BCUT2D eigenvalue weighted by atomic mass is 9.75. The largest absolute Gasteiger partial charge is 0.299 e. The predicted molar refractivity (Wildman–Crippen MR) is 30.5 cm³/mol. The smallest absolute Gasteiger partial charge is 0.136 e. The number of hydrogen-bond acceptors (Lipinski definition) is 1. The second-order valence-electron chi connectivity index (χ2n) is 2.97. The van der Waals surface area contributed by atoms with Crippen LogP contribution in [0.2, 0.25) is 0 Å². The highest BCUT2D eigenvalue weighted by Gasteiger charge is 2.42. The second-order valence-corrected chi connectivity index (χ2v) is 2.97. The number of Topliss-reactive ketones (excluding diaryl/α,β-unsaturated/α-hetero) is 1. The Bertz CT molecular complexity index is 128. The van der Waals surface area contributed by atoms with Crippen molar-refractivity contribution in [2.45, 2.75) is 25.7 Å². The molecule has 0 N–H and O–H groups in total. The van der Waals surface area contributed by atoms with Crippen molar-refractivity contribution in [2.24, 2.45) is 11.8 Å². The minimum atomic E-state index is 0.523. The minimum Gasteiger partial charge on any atom is -0.299 e. The van der Waals surface area contributed by atoms with E-state index in [0.29, 0.717) is 11.7 Å². The summed E-state index contributed by atoms with van der Waals surface area (Å²) in [7, 11) is 0. The summed E-state index contributed by atoms with van der Waals surface area (Å²) in [5.74, 6) is 1.88. The van der Waals surface area contributed by atoms with E-state index >= 15 is 0 Å². The fourth-order valence-corrected chi connectivity index (χ4v) is 1.95. The number of hydrogen-bond donors (Lipinski definition) is 0. The molecule has 0 spiro atoms. The van der Waals surface area contributed by atoms with Gasteiger partial charge in [0.15, 0.2) is 0 Å². The molecule has 0 unspecified atom stereocenters. The van der Waals surface area contributed by atoms with Gasteiger partial charge in [-0.05, 0) is 18.8 Å². The first-order valence-electron chi connectivity index (χ1n) is 3.40. The Morgan fingerprint density at radius 3 is 2.75 bits per heavy atom. The average Bonchev–Trinajstić information content (AvgIpc) is 2.09. The summed E-state index contributed by atoms with van der Waals surface area (Å²) < 4.78 is 0. The molecule has 0 bridgehead atoms. The van der Waals surface area contributed by atoms with E-state index in [1.54, 1.807) is 0 Å². The van der Waals surface area contributed by atoms with Gasteiger partial charge < -0.3 is 0 Å². The van der Waals surface area contributed by atoms with E-state index in [-0.39, 0.29) is 0 Å². The highest BCUT2D eigenvalue weighted by Crippen LogP contribution is 2.43. The van der Waals surface area contributed by atoms with Crippen LogP contribution in [0.5, 0.6) is 0 Å². The van der Waals surface area contributed by atoms with Gasteiger partial charge in [-0.1, -0.05) is 6.42 Å². The maximum atomic E-state index is 10.7. The maximum absolute atomic E-state index is 10.7. The van der Waals surface area contributed by atoms with Crippen molar-refractivity contribution >= 4 is 5.78 Å². The first-order valence-corrected chi connectivity index (χ1v) is 3.40. The first kappa shape index (κ1) is 4.54. The lowest BCUT2D eigenvalue weighted by Crippen LogP contribution is -2.32. The van der Waals surface area contributed by atoms with E-state index in [1.165, 1.54) is 19.3 Å². The van der Waals surface area contributed by atoms with Gasteiger partial charge in [-0.3, -0.25) is 4.79 Å². The third kappa shape index (κ3) is 0.396. The van der Waals surface area contributed by atoms with E-state index in [4.69, 9.17) is 0 Å². The third-order valence-corrected chi connectivity index (χ3v) is 2.54. The van der Waals surface area contributed by atoms with Crippen LogP contribution in [0.25, 0.3) is 0 Å². The Labute approximate surface area is 49.1 Å². The van der Waals surface area contributed by atoms with E-state index in [0.717, 1.165) is 12.3 Å². The molecule has 2 saturated carbocycles. The monoisotopic (exact) mass is 110 g/mol. The Kier molecular flexibility index (Phi) is 0.758. The zero-order chi connectivity index (χ0) is 5.56. The van der Waals surface area contributed by atoms with Crippen molar-refractivity contribution in [2.75, 3.05) is 0 Å². The molecular formula is C7H10O. The zero-order valence-electron chi connectivity index (χ0n) is 4.89. The van der Waals surface area contributed by atoms with Crippen LogP contribution in [0.15, 0.2) is 0 Å². The average molecular weight is 110 g/mol. The van der Waals surface area contributed by atoms with Gasteiger partial charge in [-0.2, -0.15) is 0 Å². The number of carbonyl (C=O) groups excluding carboxylic acids is 1. The molecule has 2 atom stereocenters. The van der Waals surface area contributed by atoms with Gasteiger partial charge in [-0.15, -0.1) is 0 Å². The topological polar surface area (TPSA) is 17.1 Å². The summed E-state index contributed by atoms with van der Waals surface area (Å²) in [4.78, 5) is 10.7. The summed E-state index contributed by atoms with van der Waals surface area (Å²) in [6.45, 7) is 0. The lowest BCUT2D eigenvalue weighted by Gasteiger charge is -2.27. The number of ketones is 1. The van der Waals surface area contributed by atoms with Crippen molar-refractivity contribution in [1.82, 2.24) is 0 Å². The SMILES string of the molecule is O=C1C[C@H]2CCC[C@H]12. The third-order valence-electron chi connectivity index (χ3n) is 2.54. The number of fused-ring (bicyclic) bond motifs is 1. The van der Waals surface area contributed by atoms with Crippen LogP contribution in [-0.4, -0.2) is 5.78 Å². The van der Waals surface area contributed by atoms with Crippen molar-refractivity contribution in [3.63, 3.8) is 0 Å². The van der Waals surface area contributed by atoms with Gasteiger partial charge in [0.05, 0.1) is 0 Å². The Balaban J connectivity index is 2.11. The fourth-order valence-electron chi connectivity index (χ4n) is 1.95. The van der Waals surface area contributed by atoms with Gasteiger partial charge in [0, 0.05) is 12.3 Å². The summed E-state index contributed by atoms with van der Waals surface area (Å²) in [5, 5.41) is 0. The molecule has 0 saturated heterocycles. The molecular weight excluding hydrogens is 100 g/mol. The van der Waals surface area contributed by atoms with Crippen LogP contribution in [0.1, 0.15) is 25.7 Å². The fraction of sp³-hybridized carbons (Fsp3) is 0.857. The first-order chi connectivity index (χ1) is 3.88. The molecule has 8 heavy (non-hydrogen) atoms. The molecule has 0 aromatic rings. The lowest BCUT2D eigenvalue weighted by molar-refractivity contribution is -0.132. The molecule has 2 rings (SSSR count). The van der Waals surface area contributed by atoms with Gasteiger partial charge in [0.2, 0.25) is 0 Å². The van der Waals surface area contributed by atoms with Crippen LogP contribution in [0, 0.1) is 11.8 Å². The summed E-state index contributed by atoms with van der Waals surface area (Å²) in [5.41, 5.74) is 0. The van der Waals surface area contributed by atoms with Crippen molar-refractivity contribution in [3.8, 4) is 0 Å². The van der Waals surface area contributed by atoms with Crippen LogP contribution in [0.3, 0.4) is 0 Å². The van der Waals surface area contributed by atoms with E-state index in [9.17, 15) is 4.79 Å². The molecule has 0 aromatic carbocycles. The summed E-state index contributed by atoms with van der Waals surface area (Å²) in [6, 6.07) is 0. The molecule has 0 aromatic heterocycles. The normalized spacial score (nSPS) is 43.8. The van der Waals surface area contributed by atoms with Crippen LogP contribution in [-0.2, 0) is 4.79 Å². The summed E-state index contributed by atoms with van der Waals surface area (Å²) >= 11 is 0. The maximum Gasteiger partial charge on any atom is 0.136 e. The Hall–Kier alpha value is -0.330. The minimum absolute atomic E-state index is 0.523. The molecule has 0 heterocycles. The molecule has 44 valence electrons. The predicted octanol–water partition coefficient (Wildman–Crippen LogP) is 1.38. The number of carbonyl (C=O) groups is 1. The number of rotatable bonds is 0. The highest BCUT2D eigenvalue weighted by atomic mass is 16.1. The second kappa shape index (κ2) is 1.34. The van der Waals surface area contributed by atoms with Crippen molar-refractivity contribution < 1.29 is 4.79 Å². The highest BCUT2D eigenvalue weighted by molar-refractivity contribution is 5.87. The summed E-state index contributed by atoms with van der Waals surface area (Å²) in [6.07, 6.45) is 4.74. The Morgan fingerprint density at radius 1 is 1.38 bits per heavy atom. The molecule has 1 nitrogen and oxygen atoms in total. The van der Waals surface area contributed by atoms with Gasteiger partial charge in [-0.25, -0.2) is 0 Å². The van der Waals surface area contributed by atoms with Crippen molar-refractivity contribution in [3.05, 3.63) is 0 Å². The van der Waals surface area contributed by atoms with E-state index in [2.05, 4.69) is 0 Å². The molecule has 1 heteroatoms. The van der Waals surface area contributed by atoms with Gasteiger partial charge >= 0.3 is 0 Å².